The van der Waals surface area contributed by atoms with Crippen molar-refractivity contribution < 1.29 is 0 Å². The number of aryl methyl sites for hydroxylation is 2. The zero-order valence-electron chi connectivity index (χ0n) is 16.3. The summed E-state index contributed by atoms with van der Waals surface area (Å²) in [5, 5.41) is 6.59. The molecule has 0 fully saturated rings. The van der Waals surface area contributed by atoms with E-state index < -0.39 is 0 Å². The van der Waals surface area contributed by atoms with Crippen LogP contribution in [0.1, 0.15) is 19.0 Å². The molecule has 3 heterocycles. The lowest BCUT2D eigenvalue weighted by atomic mass is 10.1. The van der Waals surface area contributed by atoms with Crippen LogP contribution in [0.4, 0.5) is 0 Å². The van der Waals surface area contributed by atoms with Crippen molar-refractivity contribution >= 4 is 33.5 Å². The predicted octanol–water partition coefficient (Wildman–Crippen LogP) is 5.78. The quantitative estimate of drug-likeness (QED) is 0.415. The number of fused-ring (bicyclic) bond motifs is 2. The summed E-state index contributed by atoms with van der Waals surface area (Å²) >= 11 is 6.08. The van der Waals surface area contributed by atoms with Crippen molar-refractivity contribution in [1.82, 2.24) is 24.7 Å². The number of para-hydroxylation sites is 1. The second kappa shape index (κ2) is 7.01. The highest BCUT2D eigenvalue weighted by Crippen LogP contribution is 2.34. The summed E-state index contributed by atoms with van der Waals surface area (Å²) in [6, 6.07) is 15.9. The largest absolute Gasteiger partial charge is 0.360 e. The molecule has 0 radical (unpaired) electrons. The molecule has 0 aliphatic heterocycles. The number of benzene rings is 2. The molecule has 2 aromatic carbocycles. The summed E-state index contributed by atoms with van der Waals surface area (Å²) in [6.07, 6.45) is 3.90. The van der Waals surface area contributed by atoms with Gasteiger partial charge in [0.05, 0.1) is 5.69 Å². The van der Waals surface area contributed by atoms with Gasteiger partial charge in [0.15, 0.2) is 5.82 Å². The van der Waals surface area contributed by atoms with Gasteiger partial charge >= 0.3 is 0 Å². The number of hydrogen-bond donors (Lipinski definition) is 1. The SMILES string of the molecule is CCCc1nn(C)c2c(-c3c[nH]c4ccccc34)nc(-c3ccc(Cl)cc3)nc12. The van der Waals surface area contributed by atoms with E-state index >= 15 is 0 Å². The van der Waals surface area contributed by atoms with Crippen LogP contribution in [0, 0.1) is 0 Å². The summed E-state index contributed by atoms with van der Waals surface area (Å²) in [5.41, 5.74) is 6.82. The van der Waals surface area contributed by atoms with Gasteiger partial charge in [0.25, 0.3) is 0 Å². The summed E-state index contributed by atoms with van der Waals surface area (Å²) in [4.78, 5) is 13.3. The fraction of sp³-hybridized carbons (Fsp3) is 0.174. The predicted molar refractivity (Wildman–Crippen MR) is 118 cm³/mol. The van der Waals surface area contributed by atoms with Gasteiger partial charge in [0.1, 0.15) is 16.7 Å². The first-order valence-electron chi connectivity index (χ1n) is 9.71. The van der Waals surface area contributed by atoms with Gasteiger partial charge in [-0.2, -0.15) is 5.10 Å². The minimum absolute atomic E-state index is 0.680. The molecule has 0 aliphatic carbocycles. The van der Waals surface area contributed by atoms with Crippen LogP contribution in [0.5, 0.6) is 0 Å². The Balaban J connectivity index is 1.84. The minimum atomic E-state index is 0.680. The normalized spacial score (nSPS) is 11.6. The maximum absolute atomic E-state index is 6.08. The lowest BCUT2D eigenvalue weighted by Gasteiger charge is -2.08. The molecule has 5 rings (SSSR count). The zero-order valence-corrected chi connectivity index (χ0v) is 17.0. The minimum Gasteiger partial charge on any atom is -0.360 e. The highest BCUT2D eigenvalue weighted by atomic mass is 35.5. The van der Waals surface area contributed by atoms with Crippen LogP contribution in [0.15, 0.2) is 54.7 Å². The number of aromatic nitrogens is 5. The van der Waals surface area contributed by atoms with Crippen molar-refractivity contribution in [2.45, 2.75) is 19.8 Å². The van der Waals surface area contributed by atoms with Crippen LogP contribution in [0.25, 0.3) is 44.6 Å². The van der Waals surface area contributed by atoms with Crippen LogP contribution >= 0.6 is 11.6 Å². The van der Waals surface area contributed by atoms with Gasteiger partial charge in [0, 0.05) is 40.3 Å². The van der Waals surface area contributed by atoms with Crippen molar-refractivity contribution in [1.29, 1.82) is 0 Å². The van der Waals surface area contributed by atoms with Crippen molar-refractivity contribution in [3.05, 3.63) is 65.4 Å². The maximum Gasteiger partial charge on any atom is 0.160 e. The number of halogens is 1. The van der Waals surface area contributed by atoms with E-state index in [9.17, 15) is 0 Å². The number of nitrogens with one attached hydrogen (secondary N) is 1. The third-order valence-electron chi connectivity index (χ3n) is 5.19. The van der Waals surface area contributed by atoms with Crippen LogP contribution in [0.2, 0.25) is 5.02 Å². The topological polar surface area (TPSA) is 59.4 Å². The molecule has 0 spiro atoms. The molecule has 5 nitrogen and oxygen atoms in total. The fourth-order valence-corrected chi connectivity index (χ4v) is 3.96. The Morgan fingerprint density at radius 1 is 1.03 bits per heavy atom. The highest BCUT2D eigenvalue weighted by Gasteiger charge is 2.20. The van der Waals surface area contributed by atoms with Gasteiger partial charge in [-0.15, -0.1) is 0 Å². The fourth-order valence-electron chi connectivity index (χ4n) is 3.83. The molecular weight excluding hydrogens is 382 g/mol. The van der Waals surface area contributed by atoms with E-state index in [-0.39, 0.29) is 0 Å². The molecule has 0 amide bonds. The molecule has 0 saturated carbocycles. The van der Waals surface area contributed by atoms with Crippen LogP contribution in [-0.4, -0.2) is 24.7 Å². The number of H-pyrrole nitrogens is 1. The van der Waals surface area contributed by atoms with Gasteiger partial charge in [-0.25, -0.2) is 9.97 Å². The Morgan fingerprint density at radius 3 is 2.62 bits per heavy atom. The van der Waals surface area contributed by atoms with Crippen LogP contribution in [0.3, 0.4) is 0 Å². The van der Waals surface area contributed by atoms with E-state index in [0.29, 0.717) is 10.8 Å². The Labute approximate surface area is 173 Å². The average Bonchev–Trinajstić information content (AvgIpc) is 3.30. The van der Waals surface area contributed by atoms with E-state index in [1.54, 1.807) is 0 Å². The van der Waals surface area contributed by atoms with Crippen molar-refractivity contribution in [2.75, 3.05) is 0 Å². The second-order valence-corrected chi connectivity index (χ2v) is 7.60. The monoisotopic (exact) mass is 401 g/mol. The van der Waals surface area contributed by atoms with E-state index in [1.807, 2.05) is 54.3 Å². The Kier molecular flexibility index (Phi) is 4.32. The molecule has 5 aromatic rings. The van der Waals surface area contributed by atoms with Gasteiger partial charge < -0.3 is 4.98 Å². The highest BCUT2D eigenvalue weighted by molar-refractivity contribution is 6.30. The molecule has 0 saturated heterocycles. The summed E-state index contributed by atoms with van der Waals surface area (Å²) in [5.74, 6) is 0.680. The van der Waals surface area contributed by atoms with Crippen molar-refractivity contribution in [3.8, 4) is 22.6 Å². The second-order valence-electron chi connectivity index (χ2n) is 7.17. The molecule has 0 bridgehead atoms. The van der Waals surface area contributed by atoms with Crippen LogP contribution < -0.4 is 0 Å². The Bertz CT molecular complexity index is 1330. The molecule has 0 unspecified atom stereocenters. The molecule has 0 aliphatic rings. The summed E-state index contributed by atoms with van der Waals surface area (Å²) < 4.78 is 1.91. The molecule has 6 heteroatoms. The number of rotatable bonds is 4. The van der Waals surface area contributed by atoms with Gasteiger partial charge in [0.2, 0.25) is 0 Å². The number of aromatic amines is 1. The molecule has 144 valence electrons. The number of hydrogen-bond acceptors (Lipinski definition) is 3. The smallest absolute Gasteiger partial charge is 0.160 e. The standard InChI is InChI=1S/C23H20ClN5/c1-3-6-19-21-22(29(2)28-19)20(17-13-25-18-8-5-4-7-16(17)18)26-23(27-21)14-9-11-15(24)12-10-14/h4-5,7-13,25H,3,6H2,1-2H3. The lowest BCUT2D eigenvalue weighted by Crippen LogP contribution is -1.98. The molecule has 29 heavy (non-hydrogen) atoms. The Morgan fingerprint density at radius 2 is 1.83 bits per heavy atom. The third kappa shape index (κ3) is 2.98. The van der Waals surface area contributed by atoms with E-state index in [2.05, 4.69) is 24.0 Å². The van der Waals surface area contributed by atoms with Crippen LogP contribution in [-0.2, 0) is 13.5 Å². The van der Waals surface area contributed by atoms with Crippen molar-refractivity contribution in [3.63, 3.8) is 0 Å². The lowest BCUT2D eigenvalue weighted by molar-refractivity contribution is 0.753. The zero-order chi connectivity index (χ0) is 20.0. The van der Waals surface area contributed by atoms with E-state index in [4.69, 9.17) is 26.7 Å². The summed E-state index contributed by atoms with van der Waals surface area (Å²) in [6.45, 7) is 2.16. The van der Waals surface area contributed by atoms with Gasteiger partial charge in [-0.05, 0) is 36.8 Å². The van der Waals surface area contributed by atoms with Gasteiger partial charge in [-0.1, -0.05) is 43.1 Å². The number of nitrogens with zero attached hydrogens (tertiary/aromatic N) is 4. The van der Waals surface area contributed by atoms with E-state index in [1.165, 1.54) is 0 Å². The molecule has 1 N–H and O–H groups in total. The Hall–Kier alpha value is -3.18. The molecule has 3 aromatic heterocycles. The molecule has 0 atom stereocenters. The summed E-state index contributed by atoms with van der Waals surface area (Å²) in [7, 11) is 1.96. The van der Waals surface area contributed by atoms with E-state index in [0.717, 1.165) is 57.3 Å². The first-order chi connectivity index (χ1) is 14.2. The molecular formula is C23H20ClN5. The van der Waals surface area contributed by atoms with Crippen molar-refractivity contribution in [2.24, 2.45) is 7.05 Å². The first kappa shape index (κ1) is 17.9. The average molecular weight is 402 g/mol. The maximum atomic E-state index is 6.08. The van der Waals surface area contributed by atoms with Gasteiger partial charge in [-0.3, -0.25) is 4.68 Å². The third-order valence-corrected chi connectivity index (χ3v) is 5.44. The first-order valence-corrected chi connectivity index (χ1v) is 10.1.